The number of rotatable bonds is 7. The molecule has 0 bridgehead atoms. The summed E-state index contributed by atoms with van der Waals surface area (Å²) in [6, 6.07) is 7.63. The molecule has 2 aromatic rings. The van der Waals surface area contributed by atoms with Crippen LogP contribution in [0.2, 0.25) is 5.02 Å². The predicted molar refractivity (Wildman–Crippen MR) is 95.5 cm³/mol. The number of halogens is 1. The maximum Gasteiger partial charge on any atom is 0.255 e. The zero-order chi connectivity index (χ0) is 17.7. The van der Waals surface area contributed by atoms with Gasteiger partial charge in [0, 0.05) is 23.4 Å². The first kappa shape index (κ1) is 18.5. The average molecular weight is 350 g/mol. The van der Waals surface area contributed by atoms with Crippen molar-refractivity contribution in [1.82, 2.24) is 15.1 Å². The molecule has 1 aromatic carbocycles. The normalized spacial score (nSPS) is 12.2. The first-order valence-electron chi connectivity index (χ1n) is 8.13. The summed E-state index contributed by atoms with van der Waals surface area (Å²) in [5.41, 5.74) is 3.09. The number of nitrogens with zero attached hydrogens (tertiary/aromatic N) is 2. The molecule has 6 heteroatoms. The molecule has 0 fully saturated rings. The number of nitrogens with one attached hydrogen (secondary N) is 1. The molecule has 1 amide bonds. The molecular weight excluding hydrogens is 326 g/mol. The quantitative estimate of drug-likeness (QED) is 0.807. The van der Waals surface area contributed by atoms with Crippen molar-refractivity contribution in [3.05, 3.63) is 51.8 Å². The van der Waals surface area contributed by atoms with Crippen LogP contribution in [0.3, 0.4) is 0 Å². The van der Waals surface area contributed by atoms with Gasteiger partial charge in [0.2, 0.25) is 0 Å². The molecule has 0 aliphatic heterocycles. The molecule has 1 aromatic heterocycles. The number of aliphatic hydroxyl groups is 1. The van der Waals surface area contributed by atoms with Crippen molar-refractivity contribution in [2.45, 2.75) is 46.2 Å². The third kappa shape index (κ3) is 4.36. The highest BCUT2D eigenvalue weighted by atomic mass is 35.5. The van der Waals surface area contributed by atoms with E-state index < -0.39 is 0 Å². The average Bonchev–Trinajstić information content (AvgIpc) is 2.81. The van der Waals surface area contributed by atoms with E-state index in [1.807, 2.05) is 49.7 Å². The van der Waals surface area contributed by atoms with Crippen molar-refractivity contribution < 1.29 is 9.90 Å². The fraction of sp³-hybridized carbons (Fsp3) is 0.444. The third-order valence-electron chi connectivity index (χ3n) is 4.06. The van der Waals surface area contributed by atoms with E-state index in [-0.39, 0.29) is 18.6 Å². The fourth-order valence-corrected chi connectivity index (χ4v) is 2.93. The van der Waals surface area contributed by atoms with E-state index in [9.17, 15) is 4.79 Å². The Balaban J connectivity index is 2.16. The minimum absolute atomic E-state index is 0.00960. The lowest BCUT2D eigenvalue weighted by atomic mass is 10.1. The molecule has 24 heavy (non-hydrogen) atoms. The molecule has 0 spiro atoms. The first-order valence-corrected chi connectivity index (χ1v) is 8.51. The molecule has 2 rings (SSSR count). The molecule has 0 saturated heterocycles. The molecule has 1 unspecified atom stereocenters. The van der Waals surface area contributed by atoms with E-state index >= 15 is 0 Å². The molecule has 0 aliphatic carbocycles. The van der Waals surface area contributed by atoms with Crippen molar-refractivity contribution in [2.24, 2.45) is 0 Å². The number of carbonyl (C=O) groups is 1. The van der Waals surface area contributed by atoms with Crippen molar-refractivity contribution in [3.63, 3.8) is 0 Å². The van der Waals surface area contributed by atoms with Gasteiger partial charge in [0.15, 0.2) is 0 Å². The highest BCUT2D eigenvalue weighted by molar-refractivity contribution is 6.31. The molecule has 1 atom stereocenters. The second-order valence-corrected chi connectivity index (χ2v) is 6.44. The van der Waals surface area contributed by atoms with Gasteiger partial charge in [0.25, 0.3) is 5.91 Å². The smallest absolute Gasteiger partial charge is 0.255 e. The number of benzene rings is 1. The van der Waals surface area contributed by atoms with Crippen LogP contribution in [0.1, 0.15) is 47.1 Å². The van der Waals surface area contributed by atoms with E-state index in [0.29, 0.717) is 29.2 Å². The van der Waals surface area contributed by atoms with E-state index in [1.54, 1.807) is 0 Å². The summed E-state index contributed by atoms with van der Waals surface area (Å²) in [7, 11) is 0. The largest absolute Gasteiger partial charge is 0.396 e. The Morgan fingerprint density at radius 2 is 2.08 bits per heavy atom. The zero-order valence-corrected chi connectivity index (χ0v) is 15.1. The molecule has 0 radical (unpaired) electrons. The van der Waals surface area contributed by atoms with Gasteiger partial charge in [0.05, 0.1) is 17.8 Å². The third-order valence-corrected chi connectivity index (χ3v) is 4.43. The van der Waals surface area contributed by atoms with Gasteiger partial charge in [-0.05, 0) is 45.2 Å². The van der Waals surface area contributed by atoms with Gasteiger partial charge in [-0.2, -0.15) is 5.10 Å². The van der Waals surface area contributed by atoms with Crippen LogP contribution in [0, 0.1) is 13.8 Å². The Morgan fingerprint density at radius 1 is 1.38 bits per heavy atom. The van der Waals surface area contributed by atoms with Crippen molar-refractivity contribution in [3.8, 4) is 0 Å². The molecule has 0 saturated carbocycles. The minimum atomic E-state index is -0.124. The molecule has 5 nitrogen and oxygen atoms in total. The Hall–Kier alpha value is -1.85. The van der Waals surface area contributed by atoms with E-state index in [1.165, 1.54) is 0 Å². The SMILES string of the molecule is Cc1nn(Cc2ccccc2Cl)c(C)c1C(=O)NC(C)CCCO. The summed E-state index contributed by atoms with van der Waals surface area (Å²) in [4.78, 5) is 12.5. The van der Waals surface area contributed by atoms with Crippen molar-refractivity contribution in [2.75, 3.05) is 6.61 Å². The van der Waals surface area contributed by atoms with Crippen molar-refractivity contribution in [1.29, 1.82) is 0 Å². The van der Waals surface area contributed by atoms with Crippen LogP contribution in [0.25, 0.3) is 0 Å². The number of hydrogen-bond donors (Lipinski definition) is 2. The summed E-state index contributed by atoms with van der Waals surface area (Å²) in [6.07, 6.45) is 1.42. The van der Waals surface area contributed by atoms with Crippen LogP contribution in [-0.4, -0.2) is 33.4 Å². The number of aromatic nitrogens is 2. The van der Waals surface area contributed by atoms with Crippen LogP contribution >= 0.6 is 11.6 Å². The summed E-state index contributed by atoms with van der Waals surface area (Å²) in [6.45, 7) is 6.33. The topological polar surface area (TPSA) is 67.2 Å². The minimum Gasteiger partial charge on any atom is -0.396 e. The second kappa shape index (κ2) is 8.31. The number of aryl methyl sites for hydroxylation is 1. The van der Waals surface area contributed by atoms with Crippen LogP contribution in [0.15, 0.2) is 24.3 Å². The second-order valence-electron chi connectivity index (χ2n) is 6.04. The number of carbonyl (C=O) groups excluding carboxylic acids is 1. The van der Waals surface area contributed by atoms with E-state index in [0.717, 1.165) is 17.7 Å². The lowest BCUT2D eigenvalue weighted by Gasteiger charge is -2.13. The highest BCUT2D eigenvalue weighted by Gasteiger charge is 2.20. The summed E-state index contributed by atoms with van der Waals surface area (Å²) in [5.74, 6) is -0.124. The molecular formula is C18H24ClN3O2. The predicted octanol–water partition coefficient (Wildman–Crippen LogP) is 3.09. The Labute approximate surface area is 147 Å². The Morgan fingerprint density at radius 3 is 2.75 bits per heavy atom. The van der Waals surface area contributed by atoms with Gasteiger partial charge in [-0.1, -0.05) is 29.8 Å². The fourth-order valence-electron chi connectivity index (χ4n) is 2.73. The lowest BCUT2D eigenvalue weighted by molar-refractivity contribution is 0.0935. The van der Waals surface area contributed by atoms with Crippen LogP contribution in [0.4, 0.5) is 0 Å². The van der Waals surface area contributed by atoms with Crippen LogP contribution < -0.4 is 5.32 Å². The van der Waals surface area contributed by atoms with Gasteiger partial charge in [0.1, 0.15) is 0 Å². The number of hydrogen-bond acceptors (Lipinski definition) is 3. The van der Waals surface area contributed by atoms with Gasteiger partial charge in [-0.3, -0.25) is 9.48 Å². The zero-order valence-electron chi connectivity index (χ0n) is 14.3. The standard InChI is InChI=1S/C18H24ClN3O2/c1-12(7-6-10-23)20-18(24)17-13(2)21-22(14(17)3)11-15-8-4-5-9-16(15)19/h4-5,8-9,12,23H,6-7,10-11H2,1-3H3,(H,20,24). The first-order chi connectivity index (χ1) is 11.4. The van der Waals surface area contributed by atoms with Crippen LogP contribution in [0.5, 0.6) is 0 Å². The Bertz CT molecular complexity index is 712. The van der Waals surface area contributed by atoms with Gasteiger partial charge in [-0.25, -0.2) is 0 Å². The van der Waals surface area contributed by atoms with Crippen LogP contribution in [-0.2, 0) is 6.54 Å². The summed E-state index contributed by atoms with van der Waals surface area (Å²) >= 11 is 6.21. The summed E-state index contributed by atoms with van der Waals surface area (Å²) < 4.78 is 1.81. The maximum absolute atomic E-state index is 12.5. The molecule has 2 N–H and O–H groups in total. The molecule has 130 valence electrons. The molecule has 1 heterocycles. The monoisotopic (exact) mass is 349 g/mol. The highest BCUT2D eigenvalue weighted by Crippen LogP contribution is 2.19. The lowest BCUT2D eigenvalue weighted by Crippen LogP contribution is -2.33. The van der Waals surface area contributed by atoms with E-state index in [2.05, 4.69) is 10.4 Å². The van der Waals surface area contributed by atoms with Gasteiger partial charge >= 0.3 is 0 Å². The Kier molecular flexibility index (Phi) is 6.40. The van der Waals surface area contributed by atoms with Crippen molar-refractivity contribution >= 4 is 17.5 Å². The van der Waals surface area contributed by atoms with E-state index in [4.69, 9.17) is 16.7 Å². The number of aliphatic hydroxyl groups excluding tert-OH is 1. The molecule has 0 aliphatic rings. The summed E-state index contributed by atoms with van der Waals surface area (Å²) in [5, 5.41) is 17.0. The maximum atomic E-state index is 12.5. The number of amides is 1. The van der Waals surface area contributed by atoms with Gasteiger partial charge < -0.3 is 10.4 Å². The van der Waals surface area contributed by atoms with Gasteiger partial charge in [-0.15, -0.1) is 0 Å².